The number of amides is 1. The van der Waals surface area contributed by atoms with E-state index in [1.54, 1.807) is 26.2 Å². The summed E-state index contributed by atoms with van der Waals surface area (Å²) in [5, 5.41) is 3.27. The summed E-state index contributed by atoms with van der Waals surface area (Å²) in [6.07, 6.45) is 0. The number of carbonyl (C=O) groups excluding carboxylic acids is 1. The van der Waals surface area contributed by atoms with E-state index >= 15 is 0 Å². The van der Waals surface area contributed by atoms with Crippen LogP contribution >= 0.6 is 24.0 Å². The monoisotopic (exact) mass is 480 g/mol. The molecule has 1 rings (SSSR count). The van der Waals surface area contributed by atoms with E-state index in [2.05, 4.69) is 24.2 Å². The largest absolute Gasteiger partial charge is 0.492 e. The van der Waals surface area contributed by atoms with Gasteiger partial charge in [0.05, 0.1) is 6.54 Å². The molecule has 0 atom stereocenters. The second-order valence-corrected chi connectivity index (χ2v) is 6.43. The number of ether oxygens (including phenoxy) is 1. The zero-order chi connectivity index (χ0) is 18.8. The number of carbonyl (C=O) groups is 1. The van der Waals surface area contributed by atoms with Gasteiger partial charge in [-0.25, -0.2) is 9.38 Å². The first-order valence-corrected chi connectivity index (χ1v) is 8.37. The Hall–Kier alpha value is -1.58. The molecule has 1 aromatic carbocycles. The Labute approximate surface area is 172 Å². The van der Waals surface area contributed by atoms with Gasteiger partial charge in [-0.05, 0) is 30.2 Å². The SMILES string of the molecule is CC(C)CNC(=NCC(=O)N(C)C)N(C)CCOc1ccc(F)cc1.I. The molecule has 0 aromatic heterocycles. The van der Waals surface area contributed by atoms with E-state index in [1.165, 1.54) is 17.0 Å². The van der Waals surface area contributed by atoms with E-state index in [9.17, 15) is 9.18 Å². The number of aliphatic imine (C=N–C) groups is 1. The summed E-state index contributed by atoms with van der Waals surface area (Å²) in [5.41, 5.74) is 0. The average Bonchev–Trinajstić information content (AvgIpc) is 2.55. The van der Waals surface area contributed by atoms with Crippen molar-refractivity contribution in [1.82, 2.24) is 15.1 Å². The minimum atomic E-state index is -0.290. The van der Waals surface area contributed by atoms with E-state index in [4.69, 9.17) is 4.74 Å². The number of hydrogen-bond acceptors (Lipinski definition) is 3. The Morgan fingerprint density at radius 1 is 1.23 bits per heavy atom. The summed E-state index contributed by atoms with van der Waals surface area (Å²) >= 11 is 0. The van der Waals surface area contributed by atoms with E-state index < -0.39 is 0 Å². The molecule has 0 aliphatic carbocycles. The van der Waals surface area contributed by atoms with Crippen molar-refractivity contribution in [3.05, 3.63) is 30.1 Å². The third kappa shape index (κ3) is 9.79. The fourth-order valence-electron chi connectivity index (χ4n) is 1.83. The second-order valence-electron chi connectivity index (χ2n) is 6.43. The van der Waals surface area contributed by atoms with Gasteiger partial charge in [0.25, 0.3) is 0 Å². The molecule has 1 amide bonds. The number of likely N-dealkylation sites (N-methyl/N-ethyl adjacent to an activating group) is 2. The lowest BCUT2D eigenvalue weighted by Gasteiger charge is -2.23. The Bertz CT molecular complexity index is 565. The third-order valence-electron chi connectivity index (χ3n) is 3.40. The van der Waals surface area contributed by atoms with Gasteiger partial charge in [0.2, 0.25) is 5.91 Å². The number of benzene rings is 1. The average molecular weight is 480 g/mol. The molecule has 0 saturated carbocycles. The molecule has 0 radical (unpaired) electrons. The third-order valence-corrected chi connectivity index (χ3v) is 3.40. The van der Waals surface area contributed by atoms with Crippen LogP contribution in [-0.2, 0) is 4.79 Å². The molecule has 0 aliphatic rings. The zero-order valence-corrected chi connectivity index (χ0v) is 18.5. The molecule has 26 heavy (non-hydrogen) atoms. The fourth-order valence-corrected chi connectivity index (χ4v) is 1.83. The molecule has 0 bridgehead atoms. The minimum absolute atomic E-state index is 0. The van der Waals surface area contributed by atoms with Gasteiger partial charge >= 0.3 is 0 Å². The van der Waals surface area contributed by atoms with Crippen LogP contribution in [-0.4, -0.2) is 69.1 Å². The van der Waals surface area contributed by atoms with Crippen molar-refractivity contribution in [1.29, 1.82) is 0 Å². The Morgan fingerprint density at radius 3 is 2.38 bits per heavy atom. The summed E-state index contributed by atoms with van der Waals surface area (Å²) in [6, 6.07) is 5.92. The van der Waals surface area contributed by atoms with Crippen molar-refractivity contribution < 1.29 is 13.9 Å². The molecular formula is C18H30FIN4O2. The van der Waals surface area contributed by atoms with E-state index in [1.807, 2.05) is 11.9 Å². The van der Waals surface area contributed by atoms with Crippen LogP contribution in [0.4, 0.5) is 4.39 Å². The van der Waals surface area contributed by atoms with Crippen molar-refractivity contribution >= 4 is 35.8 Å². The lowest BCUT2D eigenvalue weighted by atomic mass is 10.2. The fraction of sp³-hybridized carbons (Fsp3) is 0.556. The van der Waals surface area contributed by atoms with Crippen LogP contribution in [0.2, 0.25) is 0 Å². The molecular weight excluding hydrogens is 450 g/mol. The van der Waals surface area contributed by atoms with E-state index in [-0.39, 0.29) is 42.2 Å². The molecule has 1 aromatic rings. The predicted molar refractivity (Wildman–Crippen MR) is 114 cm³/mol. The first-order chi connectivity index (χ1) is 11.8. The highest BCUT2D eigenvalue weighted by molar-refractivity contribution is 14.0. The van der Waals surface area contributed by atoms with Crippen molar-refractivity contribution in [3.8, 4) is 5.75 Å². The van der Waals surface area contributed by atoms with Crippen molar-refractivity contribution in [2.45, 2.75) is 13.8 Å². The van der Waals surface area contributed by atoms with Crippen LogP contribution in [0.1, 0.15) is 13.8 Å². The Kier molecular flexibility index (Phi) is 11.9. The van der Waals surface area contributed by atoms with Crippen molar-refractivity contribution in [2.24, 2.45) is 10.9 Å². The van der Waals surface area contributed by atoms with Crippen LogP contribution in [0.25, 0.3) is 0 Å². The maximum Gasteiger partial charge on any atom is 0.243 e. The van der Waals surface area contributed by atoms with Gasteiger partial charge in [-0.1, -0.05) is 13.8 Å². The topological polar surface area (TPSA) is 57.2 Å². The van der Waals surface area contributed by atoms with Crippen LogP contribution < -0.4 is 10.1 Å². The van der Waals surface area contributed by atoms with E-state index in [0.717, 1.165) is 6.54 Å². The smallest absolute Gasteiger partial charge is 0.243 e. The Morgan fingerprint density at radius 2 is 1.85 bits per heavy atom. The normalized spacial score (nSPS) is 11.0. The summed E-state index contributed by atoms with van der Waals surface area (Å²) < 4.78 is 18.5. The summed E-state index contributed by atoms with van der Waals surface area (Å²) in [4.78, 5) is 19.6. The number of guanidine groups is 1. The number of rotatable bonds is 8. The highest BCUT2D eigenvalue weighted by atomic mass is 127. The number of halogens is 2. The second kappa shape index (κ2) is 12.7. The lowest BCUT2D eigenvalue weighted by Crippen LogP contribution is -2.43. The first-order valence-electron chi connectivity index (χ1n) is 8.37. The highest BCUT2D eigenvalue weighted by Gasteiger charge is 2.10. The zero-order valence-electron chi connectivity index (χ0n) is 16.2. The van der Waals surface area contributed by atoms with Gasteiger partial charge in [-0.3, -0.25) is 4.79 Å². The molecule has 0 unspecified atom stereocenters. The van der Waals surface area contributed by atoms with Gasteiger partial charge in [-0.15, -0.1) is 24.0 Å². The minimum Gasteiger partial charge on any atom is -0.492 e. The predicted octanol–water partition coefficient (Wildman–Crippen LogP) is 2.44. The standard InChI is InChI=1S/C18H29FN4O2.HI/c1-14(2)12-20-18(21-13-17(24)22(3)4)23(5)10-11-25-16-8-6-15(19)7-9-16;/h6-9,14H,10-13H2,1-5H3,(H,20,21);1H. The van der Waals surface area contributed by atoms with Gasteiger partial charge in [0, 0.05) is 27.7 Å². The summed E-state index contributed by atoms with van der Waals surface area (Å²) in [6.45, 7) is 6.07. The molecule has 0 fully saturated rings. The molecule has 0 saturated heterocycles. The maximum atomic E-state index is 12.9. The quantitative estimate of drug-likeness (QED) is 0.353. The van der Waals surface area contributed by atoms with Crippen LogP contribution in [0.15, 0.2) is 29.3 Å². The van der Waals surface area contributed by atoms with Gasteiger partial charge in [-0.2, -0.15) is 0 Å². The Balaban J connectivity index is 0.00000625. The first kappa shape index (κ1) is 24.4. The number of nitrogens with one attached hydrogen (secondary N) is 1. The number of hydrogen-bond donors (Lipinski definition) is 1. The van der Waals surface area contributed by atoms with E-state index in [0.29, 0.717) is 30.8 Å². The van der Waals surface area contributed by atoms with Crippen molar-refractivity contribution in [2.75, 3.05) is 47.4 Å². The lowest BCUT2D eigenvalue weighted by molar-refractivity contribution is -0.127. The van der Waals surface area contributed by atoms with Crippen molar-refractivity contribution in [3.63, 3.8) is 0 Å². The molecule has 1 N–H and O–H groups in total. The van der Waals surface area contributed by atoms with Crippen LogP contribution in [0.3, 0.4) is 0 Å². The molecule has 6 nitrogen and oxygen atoms in total. The molecule has 0 aliphatic heterocycles. The van der Waals surface area contributed by atoms with Gasteiger partial charge in [0.15, 0.2) is 5.96 Å². The molecule has 148 valence electrons. The molecule has 0 heterocycles. The van der Waals surface area contributed by atoms with Crippen LogP contribution in [0.5, 0.6) is 5.75 Å². The van der Waals surface area contributed by atoms with Gasteiger partial charge < -0.3 is 19.9 Å². The van der Waals surface area contributed by atoms with Crippen LogP contribution in [0, 0.1) is 11.7 Å². The number of nitrogens with zero attached hydrogens (tertiary/aromatic N) is 3. The molecule has 8 heteroatoms. The maximum absolute atomic E-state index is 12.9. The summed E-state index contributed by atoms with van der Waals surface area (Å²) in [5.74, 6) is 1.39. The molecule has 0 spiro atoms. The highest BCUT2D eigenvalue weighted by Crippen LogP contribution is 2.10. The summed E-state index contributed by atoms with van der Waals surface area (Å²) in [7, 11) is 5.30. The van der Waals surface area contributed by atoms with Gasteiger partial charge in [0.1, 0.15) is 24.7 Å².